The van der Waals surface area contributed by atoms with Gasteiger partial charge in [-0.1, -0.05) is 20.8 Å². The molecule has 0 aliphatic heterocycles. The fraction of sp³-hybridized carbons (Fsp3) is 0.636. The van der Waals surface area contributed by atoms with Crippen molar-refractivity contribution in [1.82, 2.24) is 9.97 Å². The summed E-state index contributed by atoms with van der Waals surface area (Å²) in [7, 11) is 0. The summed E-state index contributed by atoms with van der Waals surface area (Å²) in [4.78, 5) is 7.12. The third-order valence-corrected chi connectivity index (χ3v) is 2.19. The molecule has 1 aromatic rings. The average Bonchev–Trinajstić information content (AvgIpc) is 2.13. The van der Waals surface area contributed by atoms with Crippen LogP contribution in [0.5, 0.6) is 0 Å². The minimum Gasteiger partial charge on any atom is -0.384 e. The van der Waals surface area contributed by atoms with Crippen molar-refractivity contribution in [1.29, 1.82) is 0 Å². The summed E-state index contributed by atoms with van der Waals surface area (Å²) in [6.45, 7) is 6.60. The Morgan fingerprint density at radius 1 is 1.22 bits per heavy atom. The first-order chi connectivity index (χ1) is 8.08. The molecule has 1 aromatic heterocycles. The lowest BCUT2D eigenvalue weighted by molar-refractivity contribution is -0.141. The van der Waals surface area contributed by atoms with Crippen LogP contribution >= 0.6 is 0 Å². The number of nitrogens with one attached hydrogen (secondary N) is 1. The molecule has 0 unspecified atom stereocenters. The van der Waals surface area contributed by atoms with Crippen LogP contribution in [-0.2, 0) is 6.18 Å². The van der Waals surface area contributed by atoms with E-state index < -0.39 is 11.9 Å². The first-order valence-corrected chi connectivity index (χ1v) is 5.53. The minimum atomic E-state index is -4.52. The van der Waals surface area contributed by atoms with E-state index in [1.165, 1.54) is 0 Å². The molecule has 4 nitrogen and oxygen atoms in total. The molecule has 0 atom stereocenters. The van der Waals surface area contributed by atoms with E-state index in [0.29, 0.717) is 6.54 Å². The van der Waals surface area contributed by atoms with E-state index in [9.17, 15) is 13.2 Å². The summed E-state index contributed by atoms with van der Waals surface area (Å²) < 4.78 is 37.5. The van der Waals surface area contributed by atoms with E-state index in [2.05, 4.69) is 15.3 Å². The summed E-state index contributed by atoms with van der Waals surface area (Å²) in [5.74, 6) is -0.290. The molecule has 0 fully saturated rings. The fourth-order valence-electron chi connectivity index (χ4n) is 1.24. The molecule has 3 N–H and O–H groups in total. The van der Waals surface area contributed by atoms with Crippen molar-refractivity contribution >= 4 is 11.8 Å². The minimum absolute atomic E-state index is 0.0835. The lowest BCUT2D eigenvalue weighted by Gasteiger charge is -2.18. The molecule has 0 saturated carbocycles. The van der Waals surface area contributed by atoms with Gasteiger partial charge in [-0.05, 0) is 11.8 Å². The number of nitrogens with two attached hydrogens (primary N) is 1. The molecule has 0 radical (unpaired) electrons. The van der Waals surface area contributed by atoms with E-state index in [1.807, 2.05) is 20.8 Å². The molecule has 18 heavy (non-hydrogen) atoms. The first kappa shape index (κ1) is 14.5. The predicted molar refractivity (Wildman–Crippen MR) is 64.0 cm³/mol. The Morgan fingerprint density at radius 3 is 2.33 bits per heavy atom. The summed E-state index contributed by atoms with van der Waals surface area (Å²) in [6.07, 6.45) is -3.73. The Hall–Kier alpha value is -1.53. The van der Waals surface area contributed by atoms with Crippen molar-refractivity contribution in [3.63, 3.8) is 0 Å². The molecular formula is C11H17F3N4. The van der Waals surface area contributed by atoms with Crippen molar-refractivity contribution in [3.8, 4) is 0 Å². The molecule has 1 rings (SSSR count). The molecule has 0 bridgehead atoms. The van der Waals surface area contributed by atoms with Crippen molar-refractivity contribution in [2.24, 2.45) is 5.41 Å². The van der Waals surface area contributed by atoms with Crippen LogP contribution in [0.4, 0.5) is 24.9 Å². The van der Waals surface area contributed by atoms with Gasteiger partial charge in [0.2, 0.25) is 5.95 Å². The largest absolute Gasteiger partial charge is 0.433 e. The topological polar surface area (TPSA) is 63.8 Å². The van der Waals surface area contributed by atoms with Crippen molar-refractivity contribution in [2.75, 3.05) is 17.6 Å². The first-order valence-electron chi connectivity index (χ1n) is 5.53. The van der Waals surface area contributed by atoms with Crippen LogP contribution in [0.25, 0.3) is 0 Å². The zero-order chi connectivity index (χ0) is 14.0. The van der Waals surface area contributed by atoms with Crippen molar-refractivity contribution in [2.45, 2.75) is 33.4 Å². The van der Waals surface area contributed by atoms with Gasteiger partial charge in [0.15, 0.2) is 5.69 Å². The number of aromatic nitrogens is 2. The SMILES string of the molecule is CC(C)(C)CCNc1nc(N)cc(C(F)(F)F)n1. The van der Waals surface area contributed by atoms with Gasteiger partial charge in [0.05, 0.1) is 0 Å². The second-order valence-electron chi connectivity index (χ2n) is 5.24. The van der Waals surface area contributed by atoms with Gasteiger partial charge in [-0.15, -0.1) is 0 Å². The Morgan fingerprint density at radius 2 is 1.83 bits per heavy atom. The van der Waals surface area contributed by atoms with Gasteiger partial charge in [0.25, 0.3) is 0 Å². The number of halogens is 3. The predicted octanol–water partition coefficient (Wildman–Crippen LogP) is 2.93. The Bertz CT molecular complexity index is 410. The van der Waals surface area contributed by atoms with Gasteiger partial charge < -0.3 is 11.1 Å². The van der Waals surface area contributed by atoms with Gasteiger partial charge in [0.1, 0.15) is 5.82 Å². The second-order valence-corrected chi connectivity index (χ2v) is 5.24. The summed E-state index contributed by atoms with van der Waals surface area (Å²) >= 11 is 0. The van der Waals surface area contributed by atoms with Crippen LogP contribution in [0, 0.1) is 5.41 Å². The highest BCUT2D eigenvalue weighted by Gasteiger charge is 2.33. The van der Waals surface area contributed by atoms with Crippen LogP contribution < -0.4 is 11.1 Å². The number of rotatable bonds is 3. The maximum absolute atomic E-state index is 12.5. The molecule has 1 heterocycles. The van der Waals surface area contributed by atoms with E-state index in [-0.39, 0.29) is 17.2 Å². The molecular weight excluding hydrogens is 245 g/mol. The van der Waals surface area contributed by atoms with Crippen LogP contribution in [0.1, 0.15) is 32.9 Å². The molecule has 7 heteroatoms. The van der Waals surface area contributed by atoms with Crippen LogP contribution in [0.2, 0.25) is 0 Å². The Labute approximate surface area is 104 Å². The highest BCUT2D eigenvalue weighted by atomic mass is 19.4. The van der Waals surface area contributed by atoms with E-state index in [1.54, 1.807) is 0 Å². The van der Waals surface area contributed by atoms with Gasteiger partial charge >= 0.3 is 6.18 Å². The van der Waals surface area contributed by atoms with Crippen LogP contribution in [0.3, 0.4) is 0 Å². The molecule has 0 saturated heterocycles. The highest BCUT2D eigenvalue weighted by molar-refractivity contribution is 5.39. The van der Waals surface area contributed by atoms with Gasteiger partial charge in [-0.25, -0.2) is 4.98 Å². The number of nitrogen functional groups attached to an aromatic ring is 1. The lowest BCUT2D eigenvalue weighted by atomic mass is 9.92. The molecule has 0 spiro atoms. The quantitative estimate of drug-likeness (QED) is 0.879. The third-order valence-electron chi connectivity index (χ3n) is 2.19. The zero-order valence-electron chi connectivity index (χ0n) is 10.6. The molecule has 0 amide bonds. The summed E-state index contributed by atoms with van der Waals surface area (Å²) in [5, 5.41) is 2.75. The number of alkyl halides is 3. The number of nitrogens with zero attached hydrogens (tertiary/aromatic N) is 2. The maximum Gasteiger partial charge on any atom is 0.433 e. The molecule has 0 aliphatic rings. The van der Waals surface area contributed by atoms with Crippen LogP contribution in [0.15, 0.2) is 6.07 Å². The van der Waals surface area contributed by atoms with Gasteiger partial charge in [-0.2, -0.15) is 18.2 Å². The van der Waals surface area contributed by atoms with E-state index >= 15 is 0 Å². The van der Waals surface area contributed by atoms with E-state index in [0.717, 1.165) is 12.5 Å². The zero-order valence-corrected chi connectivity index (χ0v) is 10.6. The normalized spacial score (nSPS) is 12.6. The third kappa shape index (κ3) is 4.77. The second kappa shape index (κ2) is 4.99. The number of hydrogen-bond donors (Lipinski definition) is 2. The van der Waals surface area contributed by atoms with Crippen molar-refractivity contribution < 1.29 is 13.2 Å². The summed E-state index contributed by atoms with van der Waals surface area (Å²) in [5.41, 5.74) is 4.37. The lowest BCUT2D eigenvalue weighted by Crippen LogP contribution is -2.17. The molecule has 0 aromatic carbocycles. The molecule has 102 valence electrons. The average molecular weight is 262 g/mol. The van der Waals surface area contributed by atoms with Gasteiger partial charge in [-0.3, -0.25) is 0 Å². The van der Waals surface area contributed by atoms with Crippen molar-refractivity contribution in [3.05, 3.63) is 11.8 Å². The van der Waals surface area contributed by atoms with Crippen LogP contribution in [-0.4, -0.2) is 16.5 Å². The highest BCUT2D eigenvalue weighted by Crippen LogP contribution is 2.29. The Balaban J connectivity index is 2.75. The standard InChI is InChI=1S/C11H17F3N4/c1-10(2,3)4-5-16-9-17-7(11(12,13)14)6-8(15)18-9/h6H,4-5H2,1-3H3,(H3,15,16,17,18). The number of hydrogen-bond acceptors (Lipinski definition) is 4. The summed E-state index contributed by atoms with van der Waals surface area (Å²) in [6, 6.07) is 0.717. The number of anilines is 2. The maximum atomic E-state index is 12.5. The Kier molecular flexibility index (Phi) is 4.03. The van der Waals surface area contributed by atoms with Gasteiger partial charge in [0, 0.05) is 12.6 Å². The van der Waals surface area contributed by atoms with E-state index in [4.69, 9.17) is 5.73 Å². The smallest absolute Gasteiger partial charge is 0.384 e. The monoisotopic (exact) mass is 262 g/mol. The molecule has 0 aliphatic carbocycles. The fourth-order valence-corrected chi connectivity index (χ4v) is 1.24.